The Morgan fingerprint density at radius 2 is 1.84 bits per heavy atom. The quantitative estimate of drug-likeness (QED) is 0.830. The molecule has 3 N–H and O–H groups in total. The Balaban J connectivity index is 2.27. The number of nitrogens with one attached hydrogen (secondary N) is 1. The Labute approximate surface area is 112 Å². The molecule has 0 saturated carbocycles. The van der Waals surface area contributed by atoms with Gasteiger partial charge >= 0.3 is 0 Å². The van der Waals surface area contributed by atoms with E-state index in [9.17, 15) is 4.79 Å². The molecule has 0 spiro atoms. The zero-order chi connectivity index (χ0) is 13.8. The van der Waals surface area contributed by atoms with Gasteiger partial charge in [0.15, 0.2) is 0 Å². The van der Waals surface area contributed by atoms with E-state index in [1.165, 1.54) is 7.11 Å². The molecule has 0 aliphatic rings. The minimum atomic E-state index is -0.279. The summed E-state index contributed by atoms with van der Waals surface area (Å²) in [5.74, 6) is 0.184. The van der Waals surface area contributed by atoms with Crippen molar-refractivity contribution in [2.75, 3.05) is 18.2 Å². The predicted octanol–water partition coefficient (Wildman–Crippen LogP) is 2.84. The zero-order valence-corrected chi connectivity index (χ0v) is 10.9. The lowest BCUT2D eigenvalue weighted by Crippen LogP contribution is -2.15. The molecule has 1 amide bonds. The number of rotatable bonds is 3. The van der Waals surface area contributed by atoms with Gasteiger partial charge in [-0.15, -0.1) is 0 Å². The number of benzene rings is 2. The van der Waals surface area contributed by atoms with Gasteiger partial charge < -0.3 is 15.8 Å². The highest BCUT2D eigenvalue weighted by Gasteiger charge is 2.15. The molecule has 0 aliphatic heterocycles. The van der Waals surface area contributed by atoms with Gasteiger partial charge in [-0.25, -0.2) is 0 Å². The Morgan fingerprint density at radius 3 is 2.47 bits per heavy atom. The van der Waals surface area contributed by atoms with E-state index < -0.39 is 0 Å². The van der Waals surface area contributed by atoms with E-state index in [0.29, 0.717) is 17.0 Å². The number of aryl methyl sites for hydroxylation is 1. The molecular weight excluding hydrogens is 240 g/mol. The van der Waals surface area contributed by atoms with Crippen LogP contribution in [0.25, 0.3) is 0 Å². The number of ether oxygens (including phenoxy) is 1. The molecule has 0 atom stereocenters. The summed E-state index contributed by atoms with van der Waals surface area (Å²) in [4.78, 5) is 12.2. The van der Waals surface area contributed by atoms with E-state index in [4.69, 9.17) is 10.5 Å². The van der Waals surface area contributed by atoms with Crippen LogP contribution in [0.15, 0.2) is 42.5 Å². The third-order valence-corrected chi connectivity index (χ3v) is 2.81. The second-order valence-corrected chi connectivity index (χ2v) is 4.24. The highest BCUT2D eigenvalue weighted by molar-refractivity contribution is 6.09. The molecule has 0 radical (unpaired) electrons. The standard InChI is InChI=1S/C15H16N2O2/c1-10-6-8-11(9-7-10)17-15(18)14-12(16)4-3-5-13(14)19-2/h3-9H,16H2,1-2H3,(H,17,18). The summed E-state index contributed by atoms with van der Waals surface area (Å²) in [6.07, 6.45) is 0. The van der Waals surface area contributed by atoms with Crippen LogP contribution in [0.2, 0.25) is 0 Å². The number of methoxy groups -OCH3 is 1. The molecule has 0 bridgehead atoms. The molecular formula is C15H16N2O2. The molecule has 0 aromatic heterocycles. The second-order valence-electron chi connectivity index (χ2n) is 4.24. The van der Waals surface area contributed by atoms with Gasteiger partial charge in [0.1, 0.15) is 11.3 Å². The minimum Gasteiger partial charge on any atom is -0.496 e. The number of hydrogen-bond acceptors (Lipinski definition) is 3. The largest absolute Gasteiger partial charge is 0.496 e. The minimum absolute atomic E-state index is 0.279. The van der Waals surface area contributed by atoms with Crippen molar-refractivity contribution in [1.29, 1.82) is 0 Å². The number of nitrogen functional groups attached to an aromatic ring is 1. The number of carbonyl (C=O) groups is 1. The number of nitrogens with two attached hydrogens (primary N) is 1. The summed E-state index contributed by atoms with van der Waals surface area (Å²) in [6.45, 7) is 1.99. The third kappa shape index (κ3) is 2.85. The van der Waals surface area contributed by atoms with Crippen molar-refractivity contribution in [2.45, 2.75) is 6.92 Å². The van der Waals surface area contributed by atoms with E-state index >= 15 is 0 Å². The molecule has 0 saturated heterocycles. The van der Waals surface area contributed by atoms with E-state index in [1.54, 1.807) is 18.2 Å². The normalized spacial score (nSPS) is 10.0. The second kappa shape index (κ2) is 5.44. The summed E-state index contributed by atoms with van der Waals surface area (Å²) >= 11 is 0. The zero-order valence-electron chi connectivity index (χ0n) is 10.9. The molecule has 2 rings (SSSR count). The Kier molecular flexibility index (Phi) is 3.71. The number of hydrogen-bond donors (Lipinski definition) is 2. The first-order valence-corrected chi connectivity index (χ1v) is 5.92. The summed E-state index contributed by atoms with van der Waals surface area (Å²) < 4.78 is 5.16. The predicted molar refractivity (Wildman–Crippen MR) is 76.5 cm³/mol. The molecule has 98 valence electrons. The van der Waals surface area contributed by atoms with Crippen molar-refractivity contribution in [3.05, 3.63) is 53.6 Å². The van der Waals surface area contributed by atoms with Crippen molar-refractivity contribution in [3.8, 4) is 5.75 Å². The van der Waals surface area contributed by atoms with E-state index in [0.717, 1.165) is 11.3 Å². The molecule has 0 unspecified atom stereocenters. The summed E-state index contributed by atoms with van der Waals surface area (Å²) in [5.41, 5.74) is 8.44. The Hall–Kier alpha value is -2.49. The smallest absolute Gasteiger partial charge is 0.261 e. The van der Waals surface area contributed by atoms with Gasteiger partial charge in [-0.2, -0.15) is 0 Å². The monoisotopic (exact) mass is 256 g/mol. The fourth-order valence-electron chi connectivity index (χ4n) is 1.79. The molecule has 4 nitrogen and oxygen atoms in total. The lowest BCUT2D eigenvalue weighted by Gasteiger charge is -2.11. The highest BCUT2D eigenvalue weighted by Crippen LogP contribution is 2.25. The average molecular weight is 256 g/mol. The van der Waals surface area contributed by atoms with Crippen LogP contribution in [-0.2, 0) is 0 Å². The maximum atomic E-state index is 12.2. The molecule has 2 aromatic rings. The number of anilines is 2. The van der Waals surface area contributed by atoms with Crippen molar-refractivity contribution in [2.24, 2.45) is 0 Å². The van der Waals surface area contributed by atoms with Crippen molar-refractivity contribution in [1.82, 2.24) is 0 Å². The maximum Gasteiger partial charge on any atom is 0.261 e. The first-order chi connectivity index (χ1) is 9.11. The van der Waals surface area contributed by atoms with Crippen LogP contribution >= 0.6 is 0 Å². The van der Waals surface area contributed by atoms with Gasteiger partial charge in [-0.3, -0.25) is 4.79 Å². The summed E-state index contributed by atoms with van der Waals surface area (Å²) in [6, 6.07) is 12.7. The van der Waals surface area contributed by atoms with Gasteiger partial charge in [0.2, 0.25) is 0 Å². The van der Waals surface area contributed by atoms with Crippen LogP contribution in [0, 0.1) is 6.92 Å². The first kappa shape index (κ1) is 13.0. The van der Waals surface area contributed by atoms with Crippen LogP contribution < -0.4 is 15.8 Å². The summed E-state index contributed by atoms with van der Waals surface area (Å²) in [7, 11) is 1.51. The molecule has 0 aliphatic carbocycles. The third-order valence-electron chi connectivity index (χ3n) is 2.81. The van der Waals surface area contributed by atoms with Crippen molar-refractivity contribution >= 4 is 17.3 Å². The lowest BCUT2D eigenvalue weighted by molar-refractivity contribution is 0.102. The van der Waals surface area contributed by atoms with Gasteiger partial charge in [0.05, 0.1) is 7.11 Å². The van der Waals surface area contributed by atoms with Crippen LogP contribution in [0.1, 0.15) is 15.9 Å². The maximum absolute atomic E-state index is 12.2. The van der Waals surface area contributed by atoms with Crippen LogP contribution in [0.5, 0.6) is 5.75 Å². The molecule has 2 aromatic carbocycles. The Morgan fingerprint density at radius 1 is 1.16 bits per heavy atom. The van der Waals surface area contributed by atoms with Gasteiger partial charge in [0, 0.05) is 11.4 Å². The SMILES string of the molecule is COc1cccc(N)c1C(=O)Nc1ccc(C)cc1. The van der Waals surface area contributed by atoms with Crippen molar-refractivity contribution in [3.63, 3.8) is 0 Å². The van der Waals surface area contributed by atoms with Crippen LogP contribution in [-0.4, -0.2) is 13.0 Å². The van der Waals surface area contributed by atoms with Gasteiger partial charge in [0.25, 0.3) is 5.91 Å². The fourth-order valence-corrected chi connectivity index (χ4v) is 1.79. The molecule has 0 heterocycles. The van der Waals surface area contributed by atoms with Crippen LogP contribution in [0.3, 0.4) is 0 Å². The molecule has 4 heteroatoms. The Bertz CT molecular complexity index is 592. The van der Waals surface area contributed by atoms with Gasteiger partial charge in [-0.1, -0.05) is 23.8 Å². The lowest BCUT2D eigenvalue weighted by atomic mass is 10.1. The van der Waals surface area contributed by atoms with Crippen molar-refractivity contribution < 1.29 is 9.53 Å². The first-order valence-electron chi connectivity index (χ1n) is 5.92. The van der Waals surface area contributed by atoms with Gasteiger partial charge in [-0.05, 0) is 31.2 Å². The molecule has 19 heavy (non-hydrogen) atoms. The number of carbonyl (C=O) groups excluding carboxylic acids is 1. The number of amides is 1. The van der Waals surface area contributed by atoms with E-state index in [-0.39, 0.29) is 5.91 Å². The highest BCUT2D eigenvalue weighted by atomic mass is 16.5. The molecule has 0 fully saturated rings. The average Bonchev–Trinajstić information content (AvgIpc) is 2.40. The van der Waals surface area contributed by atoms with E-state index in [2.05, 4.69) is 5.32 Å². The van der Waals surface area contributed by atoms with E-state index in [1.807, 2.05) is 31.2 Å². The summed E-state index contributed by atoms with van der Waals surface area (Å²) in [5, 5.41) is 2.80. The van der Waals surface area contributed by atoms with Crippen LogP contribution in [0.4, 0.5) is 11.4 Å². The fraction of sp³-hybridized carbons (Fsp3) is 0.133. The topological polar surface area (TPSA) is 64.3 Å².